The monoisotopic (exact) mass is 325 g/mol. The number of hydrogen-bond donors (Lipinski definition) is 1. The van der Waals surface area contributed by atoms with E-state index < -0.39 is 23.1 Å². The molecule has 3 nitrogen and oxygen atoms in total. The Morgan fingerprint density at radius 2 is 1.78 bits per heavy atom. The predicted octanol–water partition coefficient (Wildman–Crippen LogP) is 0.853. The second-order valence-electron chi connectivity index (χ2n) is 5.20. The molecule has 0 bridgehead atoms. The molecule has 3 rings (SSSR count). The van der Waals surface area contributed by atoms with Crippen LogP contribution >= 0.6 is 0 Å². The van der Waals surface area contributed by atoms with E-state index in [1.807, 2.05) is 0 Å². The van der Waals surface area contributed by atoms with Crippen LogP contribution in [-0.2, 0) is 6.42 Å². The van der Waals surface area contributed by atoms with E-state index in [1.54, 1.807) is 18.2 Å². The van der Waals surface area contributed by atoms with E-state index in [0.29, 0.717) is 17.7 Å². The number of nitrogens with one attached hydrogen (secondary N) is 1. The Bertz CT molecular complexity index is 763. The van der Waals surface area contributed by atoms with Crippen molar-refractivity contribution < 1.29 is 49.4 Å². The van der Waals surface area contributed by atoms with Crippen molar-refractivity contribution in [2.45, 2.75) is 19.3 Å². The van der Waals surface area contributed by atoms with E-state index in [0.717, 1.165) is 30.5 Å². The molecule has 1 aliphatic rings. The van der Waals surface area contributed by atoms with Crippen molar-refractivity contribution >= 4 is 17.4 Å². The minimum absolute atomic E-state index is 0. The van der Waals surface area contributed by atoms with Gasteiger partial charge in [-0.25, -0.2) is 8.78 Å². The second-order valence-corrected chi connectivity index (χ2v) is 5.20. The van der Waals surface area contributed by atoms with Gasteiger partial charge >= 0.3 is 29.6 Å². The SMILES string of the molecule is O=C1CCCc2cc(NC(=O)c3c(F)cccc3F)ccc21.[H-].[Na+]. The molecule has 0 unspecified atom stereocenters. The first-order valence-corrected chi connectivity index (χ1v) is 6.98. The third-order valence-electron chi connectivity index (χ3n) is 3.70. The summed E-state index contributed by atoms with van der Waals surface area (Å²) in [6, 6.07) is 8.16. The Morgan fingerprint density at radius 1 is 1.09 bits per heavy atom. The molecule has 2 aromatic carbocycles. The average molecular weight is 325 g/mol. The fourth-order valence-corrected chi connectivity index (χ4v) is 2.63. The zero-order valence-corrected chi connectivity index (χ0v) is 14.7. The van der Waals surface area contributed by atoms with E-state index in [1.165, 1.54) is 6.07 Å². The van der Waals surface area contributed by atoms with Crippen LogP contribution in [0.2, 0.25) is 0 Å². The van der Waals surface area contributed by atoms with Crippen LogP contribution in [0.1, 0.15) is 40.5 Å². The first kappa shape index (κ1) is 17.8. The summed E-state index contributed by atoms with van der Waals surface area (Å²) in [5.41, 5.74) is 1.31. The second kappa shape index (κ2) is 7.34. The zero-order chi connectivity index (χ0) is 15.7. The first-order valence-electron chi connectivity index (χ1n) is 6.98. The number of amides is 1. The Labute approximate surface area is 155 Å². The Hall–Kier alpha value is -1.56. The van der Waals surface area contributed by atoms with Gasteiger partial charge in [0.15, 0.2) is 5.78 Å². The Morgan fingerprint density at radius 3 is 2.48 bits per heavy atom. The van der Waals surface area contributed by atoms with Crippen LogP contribution in [0.5, 0.6) is 0 Å². The maximum atomic E-state index is 13.6. The number of ketones is 1. The maximum Gasteiger partial charge on any atom is 1.00 e. The molecule has 6 heteroatoms. The third kappa shape index (κ3) is 3.68. The molecule has 0 spiro atoms. The standard InChI is InChI=1S/C17H13F2NO2.Na.H/c18-13-4-2-5-14(19)16(13)17(22)20-11-7-8-12-10(9-11)3-1-6-15(12)21;;/h2,4-5,7-9H,1,3,6H2,(H,20,22);;/q;+1;-1. The van der Waals surface area contributed by atoms with Crippen molar-refractivity contribution in [3.05, 3.63) is 64.7 Å². The van der Waals surface area contributed by atoms with Gasteiger partial charge in [0.25, 0.3) is 5.91 Å². The average Bonchev–Trinajstić information content (AvgIpc) is 2.47. The molecule has 0 aromatic heterocycles. The van der Waals surface area contributed by atoms with Gasteiger partial charge in [-0.2, -0.15) is 0 Å². The van der Waals surface area contributed by atoms with Gasteiger partial charge in [0.2, 0.25) is 0 Å². The molecule has 23 heavy (non-hydrogen) atoms. The molecule has 0 fully saturated rings. The fraction of sp³-hybridized carbons (Fsp3) is 0.176. The normalized spacial score (nSPS) is 13.0. The molecule has 0 radical (unpaired) electrons. The molecule has 0 saturated heterocycles. The summed E-state index contributed by atoms with van der Waals surface area (Å²) < 4.78 is 27.2. The van der Waals surface area contributed by atoms with Gasteiger partial charge in [-0.15, -0.1) is 0 Å². The Balaban J connectivity index is 0.00000144. The van der Waals surface area contributed by atoms with Crippen molar-refractivity contribution in [3.63, 3.8) is 0 Å². The minimum Gasteiger partial charge on any atom is -1.00 e. The minimum atomic E-state index is -0.911. The van der Waals surface area contributed by atoms with Crippen molar-refractivity contribution in [1.29, 1.82) is 0 Å². The molecule has 1 N–H and O–H groups in total. The summed E-state index contributed by atoms with van der Waals surface area (Å²) in [6.07, 6.45) is 2.04. The van der Waals surface area contributed by atoms with Crippen molar-refractivity contribution in [2.75, 3.05) is 5.32 Å². The molecule has 1 amide bonds. The van der Waals surface area contributed by atoms with Crippen LogP contribution in [-0.4, -0.2) is 11.7 Å². The van der Waals surface area contributed by atoms with Gasteiger partial charge in [0.05, 0.1) is 0 Å². The van der Waals surface area contributed by atoms with Gasteiger partial charge in [0.1, 0.15) is 17.2 Å². The smallest absolute Gasteiger partial charge is 1.00 e. The van der Waals surface area contributed by atoms with Crippen LogP contribution < -0.4 is 34.9 Å². The molecule has 0 heterocycles. The number of carbonyl (C=O) groups excluding carboxylic acids is 2. The quantitative estimate of drug-likeness (QED) is 0.832. The molecule has 0 saturated carbocycles. The number of benzene rings is 2. The number of anilines is 1. The van der Waals surface area contributed by atoms with E-state index in [-0.39, 0.29) is 36.8 Å². The van der Waals surface area contributed by atoms with Crippen LogP contribution in [0.3, 0.4) is 0 Å². The number of halogens is 2. The van der Waals surface area contributed by atoms with Crippen LogP contribution in [0, 0.1) is 11.6 Å². The van der Waals surface area contributed by atoms with Gasteiger partial charge in [-0.1, -0.05) is 6.07 Å². The molecule has 2 aromatic rings. The van der Waals surface area contributed by atoms with Gasteiger partial charge in [-0.3, -0.25) is 9.59 Å². The van der Waals surface area contributed by atoms with Crippen molar-refractivity contribution in [2.24, 2.45) is 0 Å². The number of fused-ring (bicyclic) bond motifs is 1. The van der Waals surface area contributed by atoms with Crippen LogP contribution in [0.15, 0.2) is 36.4 Å². The molecule has 1 aliphatic carbocycles. The largest absolute Gasteiger partial charge is 1.00 e. The molecular weight excluding hydrogens is 311 g/mol. The summed E-state index contributed by atoms with van der Waals surface area (Å²) in [5, 5.41) is 2.47. The van der Waals surface area contributed by atoms with Crippen molar-refractivity contribution in [3.8, 4) is 0 Å². The van der Waals surface area contributed by atoms with Crippen LogP contribution in [0.4, 0.5) is 14.5 Å². The maximum absolute atomic E-state index is 13.6. The van der Waals surface area contributed by atoms with E-state index in [4.69, 9.17) is 0 Å². The number of carbonyl (C=O) groups is 2. The number of Topliss-reactive ketones (excluding diaryl/α,β-unsaturated/α-hetero) is 1. The van der Waals surface area contributed by atoms with Gasteiger partial charge in [0, 0.05) is 17.7 Å². The third-order valence-corrected chi connectivity index (χ3v) is 3.70. The van der Waals surface area contributed by atoms with Gasteiger partial charge in [-0.05, 0) is 48.7 Å². The topological polar surface area (TPSA) is 46.2 Å². The zero-order valence-electron chi connectivity index (χ0n) is 13.7. The van der Waals surface area contributed by atoms with Gasteiger partial charge < -0.3 is 6.74 Å². The summed E-state index contributed by atoms with van der Waals surface area (Å²) in [6.45, 7) is 0. The van der Waals surface area contributed by atoms with Crippen molar-refractivity contribution in [1.82, 2.24) is 0 Å². The summed E-state index contributed by atoms with van der Waals surface area (Å²) in [5.74, 6) is -2.59. The molecular formula is C17H14F2NNaO2. The molecule has 0 atom stereocenters. The van der Waals surface area contributed by atoms with E-state index in [2.05, 4.69) is 5.32 Å². The molecule has 114 valence electrons. The fourth-order valence-electron chi connectivity index (χ4n) is 2.63. The number of hydrogen-bond acceptors (Lipinski definition) is 2. The number of rotatable bonds is 2. The summed E-state index contributed by atoms with van der Waals surface area (Å²) in [7, 11) is 0. The van der Waals surface area contributed by atoms with E-state index in [9.17, 15) is 18.4 Å². The summed E-state index contributed by atoms with van der Waals surface area (Å²) in [4.78, 5) is 23.8. The first-order chi connectivity index (χ1) is 10.6. The molecule has 0 aliphatic heterocycles. The summed E-state index contributed by atoms with van der Waals surface area (Å²) >= 11 is 0. The number of aryl methyl sites for hydroxylation is 1. The van der Waals surface area contributed by atoms with E-state index >= 15 is 0 Å². The van der Waals surface area contributed by atoms with Crippen LogP contribution in [0.25, 0.3) is 0 Å². The Kier molecular flexibility index (Phi) is 5.68. The predicted molar refractivity (Wildman–Crippen MR) is 79.1 cm³/mol.